The van der Waals surface area contributed by atoms with Crippen molar-refractivity contribution in [2.45, 2.75) is 58.4 Å². The van der Waals surface area contributed by atoms with Gasteiger partial charge in [-0.25, -0.2) is 0 Å². The van der Waals surface area contributed by atoms with E-state index in [9.17, 15) is 4.79 Å². The molecule has 17 heavy (non-hydrogen) atoms. The number of aliphatic carboxylic acids is 1. The summed E-state index contributed by atoms with van der Waals surface area (Å²) in [7, 11) is 0. The predicted octanol–water partition coefficient (Wildman–Crippen LogP) is 2.08. The number of carboxylic acid groups (broad SMARTS) is 1. The molecule has 0 aliphatic rings. The Labute approximate surface area is 105 Å². The Morgan fingerprint density at radius 2 is 1.82 bits per heavy atom. The molecule has 0 aliphatic carbocycles. The molecule has 0 aromatic rings. The molecular weight excluding hydrogens is 216 g/mol. The average Bonchev–Trinajstić information content (AvgIpc) is 2.28. The lowest BCUT2D eigenvalue weighted by Gasteiger charge is -2.22. The lowest BCUT2D eigenvalue weighted by Crippen LogP contribution is -2.44. The zero-order valence-corrected chi connectivity index (χ0v) is 11.5. The van der Waals surface area contributed by atoms with Gasteiger partial charge in [-0.1, -0.05) is 20.3 Å². The van der Waals surface area contributed by atoms with E-state index < -0.39 is 11.5 Å². The molecular formula is C13H28N2O2. The van der Waals surface area contributed by atoms with Gasteiger partial charge in [-0.3, -0.25) is 4.79 Å². The second kappa shape index (κ2) is 8.48. The number of hydrogen-bond donors (Lipinski definition) is 2. The zero-order chi connectivity index (χ0) is 13.3. The van der Waals surface area contributed by atoms with Crippen LogP contribution in [-0.2, 0) is 4.79 Å². The Bertz CT molecular complexity index is 217. The highest BCUT2D eigenvalue weighted by atomic mass is 16.4. The standard InChI is InChI=1S/C13H28N2O2/c1-4-6-10-15(5-2)11-8-7-9-13(3,14)12(16)17/h4-11,14H2,1-3H3,(H,16,17). The maximum atomic E-state index is 10.8. The van der Waals surface area contributed by atoms with E-state index in [0.29, 0.717) is 6.42 Å². The molecule has 0 amide bonds. The molecule has 1 atom stereocenters. The Morgan fingerprint density at radius 3 is 2.29 bits per heavy atom. The summed E-state index contributed by atoms with van der Waals surface area (Å²) in [5.74, 6) is -0.907. The molecule has 3 N–H and O–H groups in total. The molecule has 1 unspecified atom stereocenters. The largest absolute Gasteiger partial charge is 0.480 e. The van der Waals surface area contributed by atoms with Crippen molar-refractivity contribution in [1.29, 1.82) is 0 Å². The number of nitrogens with zero attached hydrogens (tertiary/aromatic N) is 1. The summed E-state index contributed by atoms with van der Waals surface area (Å²) in [4.78, 5) is 13.2. The Morgan fingerprint density at radius 1 is 1.24 bits per heavy atom. The van der Waals surface area contributed by atoms with E-state index in [1.54, 1.807) is 6.92 Å². The molecule has 0 aliphatic heterocycles. The van der Waals surface area contributed by atoms with Gasteiger partial charge in [-0.15, -0.1) is 0 Å². The van der Waals surface area contributed by atoms with Crippen LogP contribution in [0.2, 0.25) is 0 Å². The topological polar surface area (TPSA) is 66.6 Å². The fraction of sp³-hybridized carbons (Fsp3) is 0.923. The molecule has 0 saturated heterocycles. The number of carbonyl (C=O) groups is 1. The monoisotopic (exact) mass is 244 g/mol. The van der Waals surface area contributed by atoms with Crippen LogP contribution < -0.4 is 5.73 Å². The van der Waals surface area contributed by atoms with Crippen molar-refractivity contribution in [3.05, 3.63) is 0 Å². The summed E-state index contributed by atoms with van der Waals surface area (Å²) in [5.41, 5.74) is 4.61. The zero-order valence-electron chi connectivity index (χ0n) is 11.5. The maximum absolute atomic E-state index is 10.8. The first kappa shape index (κ1) is 16.4. The molecule has 102 valence electrons. The Kier molecular flexibility index (Phi) is 8.17. The average molecular weight is 244 g/mol. The van der Waals surface area contributed by atoms with Gasteiger partial charge in [-0.05, 0) is 52.2 Å². The molecule has 4 nitrogen and oxygen atoms in total. The van der Waals surface area contributed by atoms with Gasteiger partial charge >= 0.3 is 5.97 Å². The van der Waals surface area contributed by atoms with Crippen molar-refractivity contribution in [1.82, 2.24) is 4.90 Å². The van der Waals surface area contributed by atoms with E-state index in [-0.39, 0.29) is 0 Å². The second-order valence-corrected chi connectivity index (χ2v) is 4.97. The van der Waals surface area contributed by atoms with E-state index in [1.165, 1.54) is 12.8 Å². The normalized spacial score (nSPS) is 14.9. The van der Waals surface area contributed by atoms with Crippen molar-refractivity contribution < 1.29 is 9.90 Å². The van der Waals surface area contributed by atoms with E-state index in [2.05, 4.69) is 18.7 Å². The molecule has 0 aromatic carbocycles. The Hall–Kier alpha value is -0.610. The lowest BCUT2D eigenvalue weighted by atomic mass is 9.96. The number of carboxylic acids is 1. The first-order valence-corrected chi connectivity index (χ1v) is 6.68. The molecule has 0 heterocycles. The van der Waals surface area contributed by atoms with Crippen LogP contribution >= 0.6 is 0 Å². The SMILES string of the molecule is CCCCN(CC)CCCCC(C)(N)C(=O)O. The van der Waals surface area contributed by atoms with Crippen molar-refractivity contribution in [3.8, 4) is 0 Å². The Balaban J connectivity index is 3.71. The van der Waals surface area contributed by atoms with Crippen LogP contribution in [0, 0.1) is 0 Å². The smallest absolute Gasteiger partial charge is 0.323 e. The van der Waals surface area contributed by atoms with E-state index in [1.807, 2.05) is 0 Å². The number of unbranched alkanes of at least 4 members (excludes halogenated alkanes) is 2. The van der Waals surface area contributed by atoms with E-state index >= 15 is 0 Å². The quantitative estimate of drug-likeness (QED) is 0.577. The highest BCUT2D eigenvalue weighted by Crippen LogP contribution is 2.11. The van der Waals surface area contributed by atoms with Crippen LogP contribution in [0.15, 0.2) is 0 Å². The summed E-state index contributed by atoms with van der Waals surface area (Å²) in [6.45, 7) is 9.21. The maximum Gasteiger partial charge on any atom is 0.323 e. The highest BCUT2D eigenvalue weighted by molar-refractivity contribution is 5.77. The molecule has 0 fully saturated rings. The number of rotatable bonds is 10. The number of hydrogen-bond acceptors (Lipinski definition) is 3. The van der Waals surface area contributed by atoms with Gasteiger partial charge in [-0.2, -0.15) is 0 Å². The van der Waals surface area contributed by atoms with E-state index in [0.717, 1.165) is 32.5 Å². The van der Waals surface area contributed by atoms with Crippen molar-refractivity contribution in [2.24, 2.45) is 5.73 Å². The third kappa shape index (κ3) is 7.34. The molecule has 0 rings (SSSR count). The third-order valence-corrected chi connectivity index (χ3v) is 3.18. The van der Waals surface area contributed by atoms with Gasteiger partial charge in [0.2, 0.25) is 0 Å². The minimum Gasteiger partial charge on any atom is -0.480 e. The summed E-state index contributed by atoms with van der Waals surface area (Å²) in [6.07, 6.45) is 4.90. The van der Waals surface area contributed by atoms with E-state index in [4.69, 9.17) is 10.8 Å². The summed E-state index contributed by atoms with van der Waals surface area (Å²) in [6, 6.07) is 0. The van der Waals surface area contributed by atoms with Gasteiger partial charge in [0, 0.05) is 0 Å². The van der Waals surface area contributed by atoms with Gasteiger partial charge in [0.05, 0.1) is 0 Å². The third-order valence-electron chi connectivity index (χ3n) is 3.18. The van der Waals surface area contributed by atoms with Crippen LogP contribution in [0.3, 0.4) is 0 Å². The van der Waals surface area contributed by atoms with Crippen molar-refractivity contribution >= 4 is 5.97 Å². The summed E-state index contributed by atoms with van der Waals surface area (Å²) in [5, 5.41) is 8.88. The molecule has 0 aromatic heterocycles. The molecule has 0 spiro atoms. The summed E-state index contributed by atoms with van der Waals surface area (Å²) >= 11 is 0. The van der Waals surface area contributed by atoms with Crippen LogP contribution in [0.5, 0.6) is 0 Å². The first-order valence-electron chi connectivity index (χ1n) is 6.68. The first-order chi connectivity index (χ1) is 7.94. The van der Waals surface area contributed by atoms with Crippen LogP contribution in [0.25, 0.3) is 0 Å². The molecule has 0 saturated carbocycles. The fourth-order valence-electron chi connectivity index (χ4n) is 1.74. The minimum absolute atomic E-state index is 0.549. The lowest BCUT2D eigenvalue weighted by molar-refractivity contribution is -0.142. The van der Waals surface area contributed by atoms with Gasteiger partial charge in [0.15, 0.2) is 0 Å². The summed E-state index contributed by atoms with van der Waals surface area (Å²) < 4.78 is 0. The number of nitrogens with two attached hydrogens (primary N) is 1. The van der Waals surface area contributed by atoms with Gasteiger partial charge in [0.25, 0.3) is 0 Å². The predicted molar refractivity (Wildman–Crippen MR) is 71.1 cm³/mol. The second-order valence-electron chi connectivity index (χ2n) is 4.97. The fourth-order valence-corrected chi connectivity index (χ4v) is 1.74. The minimum atomic E-state index is -1.07. The van der Waals surface area contributed by atoms with Gasteiger partial charge < -0.3 is 15.7 Å². The molecule has 4 heteroatoms. The van der Waals surface area contributed by atoms with Crippen LogP contribution in [0.4, 0.5) is 0 Å². The molecule has 0 bridgehead atoms. The highest BCUT2D eigenvalue weighted by Gasteiger charge is 2.26. The van der Waals surface area contributed by atoms with Gasteiger partial charge in [0.1, 0.15) is 5.54 Å². The van der Waals surface area contributed by atoms with Crippen LogP contribution in [0.1, 0.15) is 52.9 Å². The van der Waals surface area contributed by atoms with Crippen LogP contribution in [-0.4, -0.2) is 41.1 Å². The molecule has 0 radical (unpaired) electrons. The van der Waals surface area contributed by atoms with Crippen molar-refractivity contribution in [2.75, 3.05) is 19.6 Å². The van der Waals surface area contributed by atoms with Crippen molar-refractivity contribution in [3.63, 3.8) is 0 Å².